The number of carbonyl (C=O) groups excluding carboxylic acids is 1. The van der Waals surface area contributed by atoms with Crippen LogP contribution < -0.4 is 5.32 Å². The first kappa shape index (κ1) is 16.7. The van der Waals surface area contributed by atoms with Gasteiger partial charge in [0.1, 0.15) is 0 Å². The van der Waals surface area contributed by atoms with Gasteiger partial charge >= 0.3 is 0 Å². The van der Waals surface area contributed by atoms with E-state index in [4.69, 9.17) is 0 Å². The second-order valence-electron chi connectivity index (χ2n) is 6.55. The summed E-state index contributed by atoms with van der Waals surface area (Å²) in [5.74, 6) is 0.00943. The first-order valence-corrected chi connectivity index (χ1v) is 8.80. The predicted molar refractivity (Wildman–Crippen MR) is 95.5 cm³/mol. The van der Waals surface area contributed by atoms with Crippen LogP contribution in [0.1, 0.15) is 42.2 Å². The monoisotopic (exact) mass is 326 g/mol. The zero-order valence-electron chi connectivity index (χ0n) is 14.5. The molecule has 1 saturated heterocycles. The highest BCUT2D eigenvalue weighted by Gasteiger charge is 2.22. The number of piperidine rings is 1. The Bertz CT molecular complexity index is 672. The third-order valence-corrected chi connectivity index (χ3v) is 4.65. The van der Waals surface area contributed by atoms with Gasteiger partial charge in [-0.3, -0.25) is 4.79 Å². The van der Waals surface area contributed by atoms with Crippen molar-refractivity contribution in [3.05, 3.63) is 47.8 Å². The fourth-order valence-electron chi connectivity index (χ4n) is 3.25. The van der Waals surface area contributed by atoms with Gasteiger partial charge in [-0.05, 0) is 51.5 Å². The predicted octanol–water partition coefficient (Wildman–Crippen LogP) is 2.65. The van der Waals surface area contributed by atoms with Crippen LogP contribution in [0.5, 0.6) is 0 Å². The molecule has 1 aromatic carbocycles. The summed E-state index contributed by atoms with van der Waals surface area (Å²) in [5.41, 5.74) is 2.70. The number of para-hydroxylation sites is 1. The number of nitrogens with one attached hydrogen (secondary N) is 1. The number of aromatic nitrogens is 2. The van der Waals surface area contributed by atoms with E-state index in [2.05, 4.69) is 29.3 Å². The molecule has 1 amide bonds. The molecule has 0 unspecified atom stereocenters. The molecule has 1 fully saturated rings. The van der Waals surface area contributed by atoms with Crippen molar-refractivity contribution < 1.29 is 4.79 Å². The van der Waals surface area contributed by atoms with E-state index in [1.165, 1.54) is 0 Å². The van der Waals surface area contributed by atoms with Crippen molar-refractivity contribution >= 4 is 5.91 Å². The minimum atomic E-state index is 0.00943. The van der Waals surface area contributed by atoms with Crippen molar-refractivity contribution in [1.82, 2.24) is 20.0 Å². The van der Waals surface area contributed by atoms with Crippen LogP contribution in [0.4, 0.5) is 0 Å². The summed E-state index contributed by atoms with van der Waals surface area (Å²) in [4.78, 5) is 15.1. The zero-order chi connectivity index (χ0) is 16.9. The molecule has 0 radical (unpaired) electrons. The maximum Gasteiger partial charge on any atom is 0.254 e. The first-order valence-electron chi connectivity index (χ1n) is 8.80. The van der Waals surface area contributed by atoms with Crippen molar-refractivity contribution in [3.8, 4) is 5.69 Å². The third kappa shape index (κ3) is 3.67. The molecule has 1 N–H and O–H groups in total. The molecule has 2 heterocycles. The maximum absolute atomic E-state index is 12.8. The Hall–Kier alpha value is -2.14. The molecule has 128 valence electrons. The van der Waals surface area contributed by atoms with Crippen molar-refractivity contribution in [3.63, 3.8) is 0 Å². The molecule has 1 aromatic heterocycles. The lowest BCUT2D eigenvalue weighted by molar-refractivity contribution is 0.0916. The van der Waals surface area contributed by atoms with Crippen LogP contribution in [-0.4, -0.2) is 46.8 Å². The second-order valence-corrected chi connectivity index (χ2v) is 6.55. The molecular formula is C19H26N4O. The van der Waals surface area contributed by atoms with Crippen LogP contribution in [0.3, 0.4) is 0 Å². The topological polar surface area (TPSA) is 50.2 Å². The molecular weight excluding hydrogens is 300 g/mol. The quantitative estimate of drug-likeness (QED) is 0.919. The van der Waals surface area contributed by atoms with Gasteiger partial charge in [0.15, 0.2) is 0 Å². The van der Waals surface area contributed by atoms with Crippen LogP contribution in [0.15, 0.2) is 36.5 Å². The number of benzene rings is 1. The van der Waals surface area contributed by atoms with Gasteiger partial charge in [0.2, 0.25) is 0 Å². The average molecular weight is 326 g/mol. The number of hydrogen-bond acceptors (Lipinski definition) is 3. The number of hydrogen-bond donors (Lipinski definition) is 1. The molecule has 3 rings (SSSR count). The number of amides is 1. The number of rotatable bonds is 5. The summed E-state index contributed by atoms with van der Waals surface area (Å²) in [5, 5.41) is 7.68. The molecule has 24 heavy (non-hydrogen) atoms. The van der Waals surface area contributed by atoms with Crippen LogP contribution in [0.2, 0.25) is 0 Å². The fraction of sp³-hybridized carbons (Fsp3) is 0.474. The average Bonchev–Trinajstić information content (AvgIpc) is 3.02. The third-order valence-electron chi connectivity index (χ3n) is 4.65. The van der Waals surface area contributed by atoms with Crippen LogP contribution in [0, 0.1) is 0 Å². The summed E-state index contributed by atoms with van der Waals surface area (Å²) in [6.07, 6.45) is 5.55. The zero-order valence-corrected chi connectivity index (χ0v) is 14.5. The van der Waals surface area contributed by atoms with Crippen LogP contribution in [-0.2, 0) is 6.42 Å². The van der Waals surface area contributed by atoms with E-state index in [0.29, 0.717) is 5.56 Å². The summed E-state index contributed by atoms with van der Waals surface area (Å²) < 4.78 is 1.90. The Morgan fingerprint density at radius 2 is 1.96 bits per heavy atom. The van der Waals surface area contributed by atoms with E-state index in [-0.39, 0.29) is 11.9 Å². The molecule has 0 atom stereocenters. The van der Waals surface area contributed by atoms with Gasteiger partial charge in [0, 0.05) is 6.04 Å². The van der Waals surface area contributed by atoms with Gasteiger partial charge in [0.25, 0.3) is 5.91 Å². The van der Waals surface area contributed by atoms with E-state index >= 15 is 0 Å². The van der Waals surface area contributed by atoms with Crippen molar-refractivity contribution in [2.45, 2.75) is 38.6 Å². The van der Waals surface area contributed by atoms with Crippen molar-refractivity contribution in [2.75, 3.05) is 20.1 Å². The SMILES string of the molecule is CCCc1c(C(=O)NC2CCN(C)CC2)cnn1-c1ccccc1. The van der Waals surface area contributed by atoms with E-state index < -0.39 is 0 Å². The highest BCUT2D eigenvalue weighted by atomic mass is 16.1. The lowest BCUT2D eigenvalue weighted by Crippen LogP contribution is -2.43. The Balaban J connectivity index is 1.80. The van der Waals surface area contributed by atoms with Gasteiger partial charge < -0.3 is 10.2 Å². The van der Waals surface area contributed by atoms with E-state index in [1.807, 2.05) is 35.0 Å². The minimum Gasteiger partial charge on any atom is -0.349 e. The highest BCUT2D eigenvalue weighted by molar-refractivity contribution is 5.95. The molecule has 2 aromatic rings. The largest absolute Gasteiger partial charge is 0.349 e. The standard InChI is InChI=1S/C19H26N4O/c1-3-7-18-17(14-20-23(18)16-8-5-4-6-9-16)19(24)21-15-10-12-22(2)13-11-15/h4-6,8-9,14-15H,3,7,10-13H2,1-2H3,(H,21,24). The fourth-order valence-corrected chi connectivity index (χ4v) is 3.25. The van der Waals surface area contributed by atoms with E-state index in [0.717, 1.165) is 50.2 Å². The van der Waals surface area contributed by atoms with Gasteiger partial charge in [0.05, 0.1) is 23.1 Å². The Labute approximate surface area is 143 Å². The van der Waals surface area contributed by atoms with Gasteiger partial charge in [-0.2, -0.15) is 5.10 Å². The number of carbonyl (C=O) groups is 1. The Morgan fingerprint density at radius 3 is 2.62 bits per heavy atom. The second kappa shape index (κ2) is 7.62. The highest BCUT2D eigenvalue weighted by Crippen LogP contribution is 2.18. The lowest BCUT2D eigenvalue weighted by atomic mass is 10.0. The smallest absolute Gasteiger partial charge is 0.254 e. The van der Waals surface area contributed by atoms with Crippen molar-refractivity contribution in [2.24, 2.45) is 0 Å². The number of likely N-dealkylation sites (tertiary alicyclic amines) is 1. The van der Waals surface area contributed by atoms with E-state index in [9.17, 15) is 4.79 Å². The lowest BCUT2D eigenvalue weighted by Gasteiger charge is -2.29. The summed E-state index contributed by atoms with van der Waals surface area (Å²) in [7, 11) is 2.13. The van der Waals surface area contributed by atoms with Gasteiger partial charge in [-0.1, -0.05) is 31.5 Å². The Morgan fingerprint density at radius 1 is 1.25 bits per heavy atom. The molecule has 5 heteroatoms. The summed E-state index contributed by atoms with van der Waals surface area (Å²) in [6.45, 7) is 4.20. The summed E-state index contributed by atoms with van der Waals surface area (Å²) >= 11 is 0. The van der Waals surface area contributed by atoms with Crippen molar-refractivity contribution in [1.29, 1.82) is 0 Å². The first-order chi connectivity index (χ1) is 11.7. The summed E-state index contributed by atoms with van der Waals surface area (Å²) in [6, 6.07) is 10.3. The molecule has 1 aliphatic rings. The van der Waals surface area contributed by atoms with E-state index in [1.54, 1.807) is 6.20 Å². The van der Waals surface area contributed by atoms with Crippen LogP contribution in [0.25, 0.3) is 5.69 Å². The molecule has 5 nitrogen and oxygen atoms in total. The maximum atomic E-state index is 12.8. The van der Waals surface area contributed by atoms with Gasteiger partial charge in [-0.15, -0.1) is 0 Å². The number of nitrogens with zero attached hydrogens (tertiary/aromatic N) is 3. The Kier molecular flexibility index (Phi) is 5.30. The molecule has 0 bridgehead atoms. The molecule has 0 spiro atoms. The minimum absolute atomic E-state index is 0.00943. The normalized spacial score (nSPS) is 16.2. The molecule has 0 aliphatic carbocycles. The molecule has 1 aliphatic heterocycles. The molecule has 0 saturated carbocycles. The van der Waals surface area contributed by atoms with Crippen LogP contribution >= 0.6 is 0 Å². The van der Waals surface area contributed by atoms with Gasteiger partial charge in [-0.25, -0.2) is 4.68 Å².